The van der Waals surface area contributed by atoms with E-state index in [1.807, 2.05) is 0 Å². The highest BCUT2D eigenvalue weighted by Gasteiger charge is 2.28. The van der Waals surface area contributed by atoms with E-state index in [0.717, 1.165) is 13.0 Å². The summed E-state index contributed by atoms with van der Waals surface area (Å²) in [6.07, 6.45) is 6.77. The first kappa shape index (κ1) is 15.7. The lowest BCUT2D eigenvalue weighted by Gasteiger charge is -2.24. The van der Waals surface area contributed by atoms with Gasteiger partial charge in [0.25, 0.3) is 0 Å². The maximum absolute atomic E-state index is 3.44. The highest BCUT2D eigenvalue weighted by atomic mass is 15.2. The molecule has 3 heterocycles. The second-order valence-corrected chi connectivity index (χ2v) is 7.68. The summed E-state index contributed by atoms with van der Waals surface area (Å²) in [5.41, 5.74) is 5.42. The van der Waals surface area contributed by atoms with Gasteiger partial charge in [-0.2, -0.15) is 0 Å². The first-order valence-corrected chi connectivity index (χ1v) is 9.64. The Labute approximate surface area is 154 Å². The summed E-state index contributed by atoms with van der Waals surface area (Å²) >= 11 is 0. The Morgan fingerprint density at radius 1 is 0.962 bits per heavy atom. The normalized spacial score (nSPS) is 19.5. The average molecular weight is 343 g/mol. The number of rotatable bonds is 4. The zero-order chi connectivity index (χ0) is 17.5. The molecule has 5 rings (SSSR count). The summed E-state index contributed by atoms with van der Waals surface area (Å²) in [7, 11) is 0. The van der Waals surface area contributed by atoms with Gasteiger partial charge in [-0.1, -0.05) is 36.4 Å². The Kier molecular flexibility index (Phi) is 3.83. The summed E-state index contributed by atoms with van der Waals surface area (Å²) in [6, 6.07) is 17.8. The van der Waals surface area contributed by atoms with E-state index in [4.69, 9.17) is 0 Å². The third-order valence-corrected chi connectivity index (χ3v) is 6.09. The van der Waals surface area contributed by atoms with Crippen LogP contribution in [0.1, 0.15) is 30.4 Å². The Balaban J connectivity index is 1.32. The van der Waals surface area contributed by atoms with Gasteiger partial charge in [-0.25, -0.2) is 0 Å². The van der Waals surface area contributed by atoms with Gasteiger partial charge < -0.3 is 9.97 Å². The van der Waals surface area contributed by atoms with Crippen molar-refractivity contribution in [1.82, 2.24) is 14.9 Å². The van der Waals surface area contributed by atoms with Crippen molar-refractivity contribution < 1.29 is 0 Å². The number of likely N-dealkylation sites (tertiary alicyclic amines) is 1. The molecule has 2 N–H and O–H groups in total. The zero-order valence-electron chi connectivity index (χ0n) is 15.2. The molecule has 132 valence electrons. The third kappa shape index (κ3) is 2.63. The third-order valence-electron chi connectivity index (χ3n) is 6.09. The molecule has 1 saturated heterocycles. The molecular weight excluding hydrogens is 318 g/mol. The van der Waals surface area contributed by atoms with E-state index in [9.17, 15) is 0 Å². The van der Waals surface area contributed by atoms with Crippen LogP contribution in [-0.2, 0) is 6.42 Å². The molecule has 0 bridgehead atoms. The second kappa shape index (κ2) is 6.33. The van der Waals surface area contributed by atoms with Gasteiger partial charge in [0.15, 0.2) is 0 Å². The van der Waals surface area contributed by atoms with Gasteiger partial charge in [0, 0.05) is 46.8 Å². The van der Waals surface area contributed by atoms with Crippen molar-refractivity contribution in [3.05, 3.63) is 72.1 Å². The van der Waals surface area contributed by atoms with E-state index in [2.05, 4.69) is 82.7 Å². The molecule has 2 aromatic heterocycles. The van der Waals surface area contributed by atoms with Gasteiger partial charge in [-0.05, 0) is 55.5 Å². The lowest BCUT2D eigenvalue weighted by molar-refractivity contribution is 0.255. The van der Waals surface area contributed by atoms with Crippen LogP contribution in [0, 0.1) is 0 Å². The molecule has 1 aliphatic heterocycles. The fourth-order valence-electron chi connectivity index (χ4n) is 4.62. The van der Waals surface area contributed by atoms with Crippen LogP contribution in [0.25, 0.3) is 21.8 Å². The molecule has 0 amide bonds. The minimum Gasteiger partial charge on any atom is -0.361 e. The molecule has 3 heteroatoms. The molecule has 4 aromatic rings. The first-order valence-electron chi connectivity index (χ1n) is 9.64. The fourth-order valence-corrected chi connectivity index (χ4v) is 4.62. The topological polar surface area (TPSA) is 34.8 Å². The smallest absolute Gasteiger partial charge is 0.0456 e. The van der Waals surface area contributed by atoms with Crippen molar-refractivity contribution in [2.75, 3.05) is 13.1 Å². The van der Waals surface area contributed by atoms with Gasteiger partial charge in [0.2, 0.25) is 0 Å². The number of nitrogens with one attached hydrogen (secondary N) is 2. The number of para-hydroxylation sites is 2. The van der Waals surface area contributed by atoms with Crippen molar-refractivity contribution in [2.24, 2.45) is 0 Å². The number of aromatic nitrogens is 2. The predicted octanol–water partition coefficient (Wildman–Crippen LogP) is 5.07. The highest BCUT2D eigenvalue weighted by molar-refractivity contribution is 5.84. The minimum atomic E-state index is 0.560. The number of aromatic amines is 2. The molecule has 0 unspecified atom stereocenters. The summed E-state index contributed by atoms with van der Waals surface area (Å²) in [5, 5.41) is 2.76. The van der Waals surface area contributed by atoms with E-state index in [0.29, 0.717) is 12.0 Å². The number of hydrogen-bond donors (Lipinski definition) is 2. The molecule has 2 atom stereocenters. The van der Waals surface area contributed by atoms with E-state index in [1.54, 1.807) is 0 Å². The van der Waals surface area contributed by atoms with Crippen molar-refractivity contribution in [2.45, 2.75) is 31.7 Å². The highest BCUT2D eigenvalue weighted by Crippen LogP contribution is 2.33. The summed E-state index contributed by atoms with van der Waals surface area (Å²) in [5.74, 6) is 0.636. The van der Waals surface area contributed by atoms with Crippen LogP contribution in [-0.4, -0.2) is 34.0 Å². The Morgan fingerprint density at radius 3 is 2.50 bits per heavy atom. The van der Waals surface area contributed by atoms with Crippen LogP contribution < -0.4 is 0 Å². The largest absolute Gasteiger partial charge is 0.361 e. The fraction of sp³-hybridized carbons (Fsp3) is 0.304. The quantitative estimate of drug-likeness (QED) is 0.533. The van der Waals surface area contributed by atoms with Gasteiger partial charge in [-0.15, -0.1) is 0 Å². The monoisotopic (exact) mass is 343 g/mol. The molecule has 3 nitrogen and oxygen atoms in total. The van der Waals surface area contributed by atoms with Crippen LogP contribution in [0.5, 0.6) is 0 Å². The maximum Gasteiger partial charge on any atom is 0.0456 e. The van der Waals surface area contributed by atoms with Crippen molar-refractivity contribution in [1.29, 1.82) is 0 Å². The van der Waals surface area contributed by atoms with Crippen LogP contribution >= 0.6 is 0 Å². The number of H-pyrrole nitrogens is 2. The number of benzene rings is 2. The molecule has 0 aliphatic carbocycles. The lowest BCUT2D eigenvalue weighted by atomic mass is 9.98. The Bertz CT molecular complexity index is 1040. The van der Waals surface area contributed by atoms with Crippen molar-refractivity contribution in [3.63, 3.8) is 0 Å². The molecule has 0 saturated carbocycles. The van der Waals surface area contributed by atoms with Crippen LogP contribution in [0.2, 0.25) is 0 Å². The molecule has 0 spiro atoms. The van der Waals surface area contributed by atoms with Gasteiger partial charge in [0.1, 0.15) is 0 Å². The van der Waals surface area contributed by atoms with Crippen molar-refractivity contribution in [3.8, 4) is 0 Å². The molecule has 2 aromatic carbocycles. The molecule has 1 fully saturated rings. The summed E-state index contributed by atoms with van der Waals surface area (Å²) < 4.78 is 0. The Hall–Kier alpha value is -2.52. The predicted molar refractivity (Wildman–Crippen MR) is 109 cm³/mol. The maximum atomic E-state index is 3.44. The number of nitrogens with zero attached hydrogens (tertiary/aromatic N) is 1. The van der Waals surface area contributed by atoms with Gasteiger partial charge in [0.05, 0.1) is 0 Å². The van der Waals surface area contributed by atoms with Crippen molar-refractivity contribution >= 4 is 21.8 Å². The van der Waals surface area contributed by atoms with E-state index in [1.165, 1.54) is 45.9 Å². The van der Waals surface area contributed by atoms with E-state index >= 15 is 0 Å². The minimum absolute atomic E-state index is 0.560. The average Bonchev–Trinajstić information content (AvgIpc) is 3.40. The van der Waals surface area contributed by atoms with Gasteiger partial charge >= 0.3 is 0 Å². The number of fused-ring (bicyclic) bond motifs is 2. The van der Waals surface area contributed by atoms with E-state index < -0.39 is 0 Å². The second-order valence-electron chi connectivity index (χ2n) is 7.68. The molecule has 0 radical (unpaired) electrons. The first-order chi connectivity index (χ1) is 12.8. The zero-order valence-corrected chi connectivity index (χ0v) is 15.2. The lowest BCUT2D eigenvalue weighted by Crippen LogP contribution is -2.32. The SMILES string of the molecule is C[C@@H](Cc1c[nH]c2ccccc12)N1CC[C@H](c2c[nH]c3ccccc23)C1. The van der Waals surface area contributed by atoms with Crippen LogP contribution in [0.15, 0.2) is 60.9 Å². The molecule has 1 aliphatic rings. The van der Waals surface area contributed by atoms with Gasteiger partial charge in [-0.3, -0.25) is 4.90 Å². The molecular formula is C23H25N3. The number of hydrogen-bond acceptors (Lipinski definition) is 1. The van der Waals surface area contributed by atoms with Crippen LogP contribution in [0.3, 0.4) is 0 Å². The summed E-state index contributed by atoms with van der Waals surface area (Å²) in [4.78, 5) is 9.52. The summed E-state index contributed by atoms with van der Waals surface area (Å²) in [6.45, 7) is 4.72. The molecule has 26 heavy (non-hydrogen) atoms. The van der Waals surface area contributed by atoms with Crippen LogP contribution in [0.4, 0.5) is 0 Å². The van der Waals surface area contributed by atoms with E-state index in [-0.39, 0.29) is 0 Å². The standard InChI is InChI=1S/C23H25N3/c1-16(12-18-13-24-22-8-4-2-6-19(18)22)26-11-10-17(15-26)21-14-25-23-9-5-3-7-20(21)23/h2-9,13-14,16-17,24-25H,10-12,15H2,1H3/t16-,17-/m0/s1. The Morgan fingerprint density at radius 2 is 1.65 bits per heavy atom.